The minimum atomic E-state index is -3.47. The second-order valence-electron chi connectivity index (χ2n) is 5.42. The molecular formula is C17H12N4O2S. The number of hydrogen-bond acceptors (Lipinski definition) is 6. The second kappa shape index (κ2) is 5.31. The van der Waals surface area contributed by atoms with E-state index in [1.165, 1.54) is 6.20 Å². The highest BCUT2D eigenvalue weighted by molar-refractivity contribution is 7.91. The molecule has 0 unspecified atom stereocenters. The summed E-state index contributed by atoms with van der Waals surface area (Å²) in [5.41, 5.74) is 2.50. The van der Waals surface area contributed by atoms with Crippen LogP contribution in [0.3, 0.4) is 0 Å². The zero-order valence-electron chi connectivity index (χ0n) is 12.7. The van der Waals surface area contributed by atoms with E-state index >= 15 is 0 Å². The summed E-state index contributed by atoms with van der Waals surface area (Å²) in [7, 11) is -3.47. The van der Waals surface area contributed by atoms with Gasteiger partial charge in [0.15, 0.2) is 9.84 Å². The van der Waals surface area contributed by atoms with Crippen molar-refractivity contribution < 1.29 is 8.42 Å². The van der Waals surface area contributed by atoms with E-state index in [1.807, 2.05) is 30.3 Å². The normalized spacial score (nSPS) is 11.9. The number of hydrogen-bond donors (Lipinski definition) is 0. The van der Waals surface area contributed by atoms with Crippen LogP contribution in [0.4, 0.5) is 0 Å². The quantitative estimate of drug-likeness (QED) is 0.559. The molecule has 2 aromatic heterocycles. The highest BCUT2D eigenvalue weighted by Crippen LogP contribution is 2.32. The summed E-state index contributed by atoms with van der Waals surface area (Å²) < 4.78 is 24.4. The van der Waals surface area contributed by atoms with Crippen LogP contribution in [0.1, 0.15) is 0 Å². The third kappa shape index (κ3) is 2.30. The average Bonchev–Trinajstić information content (AvgIpc) is 2.94. The molecule has 4 aromatic rings. The molecule has 0 atom stereocenters. The van der Waals surface area contributed by atoms with Crippen LogP contribution in [-0.2, 0) is 9.84 Å². The van der Waals surface area contributed by atoms with Crippen LogP contribution in [-0.4, -0.2) is 34.8 Å². The smallest absolute Gasteiger partial charge is 0.177 e. The predicted molar refractivity (Wildman–Crippen MR) is 91.2 cm³/mol. The lowest BCUT2D eigenvalue weighted by atomic mass is 10.1. The van der Waals surface area contributed by atoms with Crippen molar-refractivity contribution in [3.05, 3.63) is 55.0 Å². The Hall–Kier alpha value is -2.93. The van der Waals surface area contributed by atoms with E-state index in [2.05, 4.69) is 20.2 Å². The molecule has 7 heteroatoms. The first-order valence-electron chi connectivity index (χ1n) is 7.20. The summed E-state index contributed by atoms with van der Waals surface area (Å²) in [5.74, 6) is 0. The number of rotatable bonds is 2. The van der Waals surface area contributed by atoms with Crippen molar-refractivity contribution >= 4 is 31.6 Å². The van der Waals surface area contributed by atoms with Crippen LogP contribution in [0.2, 0.25) is 0 Å². The van der Waals surface area contributed by atoms with Gasteiger partial charge in [0, 0.05) is 35.0 Å². The molecule has 6 nitrogen and oxygen atoms in total. The number of nitrogens with zero attached hydrogens (tertiary/aromatic N) is 4. The SMILES string of the molecule is CS(=O)(=O)c1cc2c(-c3ccccc3)nccnc2c2cnnc12. The molecule has 24 heavy (non-hydrogen) atoms. The summed E-state index contributed by atoms with van der Waals surface area (Å²) in [6, 6.07) is 11.2. The van der Waals surface area contributed by atoms with Gasteiger partial charge in [0.25, 0.3) is 0 Å². The number of sulfone groups is 1. The average molecular weight is 336 g/mol. The van der Waals surface area contributed by atoms with Crippen LogP contribution >= 0.6 is 0 Å². The molecule has 118 valence electrons. The highest BCUT2D eigenvalue weighted by atomic mass is 32.2. The summed E-state index contributed by atoms with van der Waals surface area (Å²) in [6.45, 7) is 0. The van der Waals surface area contributed by atoms with Gasteiger partial charge in [0.2, 0.25) is 0 Å². The number of aromatic nitrogens is 4. The fourth-order valence-electron chi connectivity index (χ4n) is 2.74. The summed E-state index contributed by atoms with van der Waals surface area (Å²) in [5, 5.41) is 9.09. The van der Waals surface area contributed by atoms with Crippen LogP contribution in [0, 0.1) is 0 Å². The van der Waals surface area contributed by atoms with Crippen LogP contribution < -0.4 is 0 Å². The molecule has 0 bridgehead atoms. The van der Waals surface area contributed by atoms with Gasteiger partial charge in [0.1, 0.15) is 5.52 Å². The molecule has 0 aliphatic rings. The molecule has 0 spiro atoms. The van der Waals surface area contributed by atoms with Crippen molar-refractivity contribution in [3.8, 4) is 11.3 Å². The second-order valence-corrected chi connectivity index (χ2v) is 7.41. The van der Waals surface area contributed by atoms with Crippen molar-refractivity contribution in [2.75, 3.05) is 6.26 Å². The third-order valence-corrected chi connectivity index (χ3v) is 4.90. The topological polar surface area (TPSA) is 85.7 Å². The summed E-state index contributed by atoms with van der Waals surface area (Å²) in [6.07, 6.45) is 5.88. The molecule has 0 aliphatic carbocycles. The van der Waals surface area contributed by atoms with Gasteiger partial charge in [-0.25, -0.2) is 8.42 Å². The Morgan fingerprint density at radius 1 is 0.917 bits per heavy atom. The molecule has 4 rings (SSSR count). The van der Waals surface area contributed by atoms with E-state index in [1.54, 1.807) is 18.5 Å². The van der Waals surface area contributed by atoms with Gasteiger partial charge in [-0.05, 0) is 6.07 Å². The molecule has 0 aliphatic heterocycles. The molecule has 0 saturated carbocycles. The Morgan fingerprint density at radius 3 is 2.42 bits per heavy atom. The van der Waals surface area contributed by atoms with Gasteiger partial charge in [0.05, 0.1) is 22.3 Å². The molecule has 0 N–H and O–H groups in total. The predicted octanol–water partition coefficient (Wildman–Crippen LogP) is 2.64. The van der Waals surface area contributed by atoms with Crippen molar-refractivity contribution in [3.63, 3.8) is 0 Å². The van der Waals surface area contributed by atoms with Crippen molar-refractivity contribution in [1.29, 1.82) is 0 Å². The summed E-state index contributed by atoms with van der Waals surface area (Å²) in [4.78, 5) is 9.01. The van der Waals surface area contributed by atoms with Crippen molar-refractivity contribution in [1.82, 2.24) is 20.2 Å². The van der Waals surface area contributed by atoms with Gasteiger partial charge in [-0.1, -0.05) is 30.3 Å². The van der Waals surface area contributed by atoms with Crippen LogP contribution in [0.25, 0.3) is 33.1 Å². The highest BCUT2D eigenvalue weighted by Gasteiger charge is 2.19. The van der Waals surface area contributed by atoms with E-state index < -0.39 is 9.84 Å². The monoisotopic (exact) mass is 336 g/mol. The maximum atomic E-state index is 12.2. The zero-order chi connectivity index (χ0) is 16.7. The number of benzene rings is 2. The first kappa shape index (κ1) is 14.6. The lowest BCUT2D eigenvalue weighted by Crippen LogP contribution is -1.99. The van der Waals surface area contributed by atoms with Gasteiger partial charge < -0.3 is 0 Å². The van der Waals surface area contributed by atoms with E-state index in [4.69, 9.17) is 0 Å². The summed E-state index contributed by atoms with van der Waals surface area (Å²) >= 11 is 0. The lowest BCUT2D eigenvalue weighted by molar-refractivity contribution is 0.602. The Bertz CT molecular complexity index is 1180. The Kier molecular flexibility index (Phi) is 3.24. The first-order valence-corrected chi connectivity index (χ1v) is 9.09. The minimum absolute atomic E-state index is 0.134. The fourth-order valence-corrected chi connectivity index (χ4v) is 3.58. The molecule has 0 saturated heterocycles. The van der Waals surface area contributed by atoms with E-state index in [0.29, 0.717) is 27.5 Å². The largest absolute Gasteiger partial charge is 0.254 e. The van der Waals surface area contributed by atoms with E-state index in [9.17, 15) is 8.42 Å². The molecule has 2 aromatic carbocycles. The Morgan fingerprint density at radius 2 is 1.67 bits per heavy atom. The van der Waals surface area contributed by atoms with E-state index in [0.717, 1.165) is 11.8 Å². The molecular weight excluding hydrogens is 324 g/mol. The van der Waals surface area contributed by atoms with Gasteiger partial charge in [-0.15, -0.1) is 5.10 Å². The van der Waals surface area contributed by atoms with Crippen LogP contribution in [0.15, 0.2) is 59.9 Å². The van der Waals surface area contributed by atoms with Gasteiger partial charge >= 0.3 is 0 Å². The van der Waals surface area contributed by atoms with Gasteiger partial charge in [-0.2, -0.15) is 5.10 Å². The maximum absolute atomic E-state index is 12.2. The van der Waals surface area contributed by atoms with Crippen LogP contribution in [0.5, 0.6) is 0 Å². The van der Waals surface area contributed by atoms with E-state index in [-0.39, 0.29) is 4.90 Å². The maximum Gasteiger partial charge on any atom is 0.177 e. The lowest BCUT2D eigenvalue weighted by Gasteiger charge is -2.05. The molecule has 2 heterocycles. The third-order valence-electron chi connectivity index (χ3n) is 3.79. The number of fused-ring (bicyclic) bond motifs is 3. The minimum Gasteiger partial charge on any atom is -0.254 e. The standard InChI is InChI=1S/C17H12N4O2S/c1-24(22,23)14-9-12-15(11-5-3-2-4-6-11)18-7-8-19-16(12)13-10-20-21-17(13)14/h2-10H,1H3. The molecule has 0 amide bonds. The molecule has 0 fully saturated rings. The Labute approximate surface area is 138 Å². The fraction of sp³-hybridized carbons (Fsp3) is 0.0588. The Balaban J connectivity index is 2.25. The van der Waals surface area contributed by atoms with Crippen molar-refractivity contribution in [2.45, 2.75) is 4.90 Å². The molecule has 0 radical (unpaired) electrons. The van der Waals surface area contributed by atoms with Gasteiger partial charge in [-0.3, -0.25) is 9.97 Å². The zero-order valence-corrected chi connectivity index (χ0v) is 13.5. The van der Waals surface area contributed by atoms with Crippen molar-refractivity contribution in [2.24, 2.45) is 0 Å². The first-order chi connectivity index (χ1) is 11.6.